The van der Waals surface area contributed by atoms with Gasteiger partial charge in [0.15, 0.2) is 5.78 Å². The molecule has 36 heavy (non-hydrogen) atoms. The van der Waals surface area contributed by atoms with Crippen molar-refractivity contribution < 1.29 is 22.8 Å². The number of hydrogen-bond acceptors (Lipinski definition) is 6. The molecule has 0 atom stereocenters. The first-order chi connectivity index (χ1) is 17.1. The Morgan fingerprint density at radius 1 is 1.03 bits per heavy atom. The molecule has 0 radical (unpaired) electrons. The number of pyridine rings is 1. The second kappa shape index (κ2) is 10.0. The molecule has 1 saturated carbocycles. The Balaban J connectivity index is 1.34. The topological polar surface area (TPSA) is 96.9 Å². The molecule has 3 aromatic rings. The number of carbonyl (C=O) groups is 2. The summed E-state index contributed by atoms with van der Waals surface area (Å²) in [6.45, 7) is 3.66. The minimum absolute atomic E-state index is 0.0639. The van der Waals surface area contributed by atoms with E-state index in [-0.39, 0.29) is 30.3 Å². The van der Waals surface area contributed by atoms with Crippen LogP contribution in [0.5, 0.6) is 0 Å². The second-order valence-electron chi connectivity index (χ2n) is 9.01. The number of benzene rings is 1. The first kappa shape index (κ1) is 25.3. The predicted molar refractivity (Wildman–Crippen MR) is 128 cm³/mol. The first-order valence-corrected chi connectivity index (χ1v) is 11.6. The molecule has 0 aliphatic heterocycles. The molecule has 0 spiro atoms. The normalized spacial score (nSPS) is 14.2. The van der Waals surface area contributed by atoms with Gasteiger partial charge in [-0.3, -0.25) is 14.6 Å². The van der Waals surface area contributed by atoms with Gasteiger partial charge < -0.3 is 10.6 Å². The van der Waals surface area contributed by atoms with Gasteiger partial charge in [0.2, 0.25) is 5.91 Å². The molecule has 2 N–H and O–H groups in total. The molecule has 1 aliphatic rings. The quantitative estimate of drug-likeness (QED) is 0.396. The van der Waals surface area contributed by atoms with Crippen molar-refractivity contribution >= 4 is 23.1 Å². The lowest BCUT2D eigenvalue weighted by molar-refractivity contribution is -0.137. The van der Waals surface area contributed by atoms with E-state index < -0.39 is 17.2 Å². The molecule has 1 amide bonds. The fourth-order valence-corrected chi connectivity index (χ4v) is 3.84. The maximum atomic E-state index is 13.4. The van der Waals surface area contributed by atoms with Gasteiger partial charge in [-0.2, -0.15) is 13.2 Å². The highest BCUT2D eigenvalue weighted by Crippen LogP contribution is 2.49. The van der Waals surface area contributed by atoms with E-state index in [1.807, 2.05) is 6.92 Å². The van der Waals surface area contributed by atoms with Gasteiger partial charge in [0.05, 0.1) is 46.4 Å². The van der Waals surface area contributed by atoms with Crippen LogP contribution >= 0.6 is 0 Å². The fourth-order valence-electron chi connectivity index (χ4n) is 3.84. The minimum Gasteiger partial charge on any atom is -0.354 e. The highest BCUT2D eigenvalue weighted by Gasteiger charge is 2.51. The van der Waals surface area contributed by atoms with Crippen LogP contribution in [-0.4, -0.2) is 26.6 Å². The van der Waals surface area contributed by atoms with Crippen molar-refractivity contribution in [3.63, 3.8) is 0 Å². The molecule has 2 aromatic heterocycles. The summed E-state index contributed by atoms with van der Waals surface area (Å²) in [6.07, 6.45) is 1.91. The summed E-state index contributed by atoms with van der Waals surface area (Å²) in [4.78, 5) is 37.9. The van der Waals surface area contributed by atoms with Gasteiger partial charge in [0.25, 0.3) is 0 Å². The largest absolute Gasteiger partial charge is 0.418 e. The van der Waals surface area contributed by atoms with Crippen molar-refractivity contribution in [2.24, 2.45) is 5.41 Å². The number of halogens is 3. The van der Waals surface area contributed by atoms with Gasteiger partial charge in [-0.1, -0.05) is 18.6 Å². The maximum Gasteiger partial charge on any atom is 0.418 e. The molecule has 1 fully saturated rings. The summed E-state index contributed by atoms with van der Waals surface area (Å²) < 4.78 is 40.1. The molecule has 188 valence electrons. The number of amides is 1. The van der Waals surface area contributed by atoms with Crippen LogP contribution < -0.4 is 10.6 Å². The number of rotatable bonds is 9. The van der Waals surface area contributed by atoms with Gasteiger partial charge in [-0.05, 0) is 44.0 Å². The lowest BCUT2D eigenvalue weighted by atomic mass is 9.95. The van der Waals surface area contributed by atoms with Crippen LogP contribution in [-0.2, 0) is 23.9 Å². The summed E-state index contributed by atoms with van der Waals surface area (Å²) in [5.74, 6) is 0.257. The number of nitrogens with one attached hydrogen (secondary N) is 2. The van der Waals surface area contributed by atoms with Crippen LogP contribution in [0.4, 0.5) is 24.5 Å². The SMILES string of the molecule is CCc1ncc(C(=O)CC2(C(=O)NCc3ccc(Nc4ccc(C)cc4C(F)(F)F)cn3)CC2)cn1. The zero-order valence-electron chi connectivity index (χ0n) is 19.9. The van der Waals surface area contributed by atoms with Crippen LogP contribution in [0.3, 0.4) is 0 Å². The van der Waals surface area contributed by atoms with E-state index in [9.17, 15) is 22.8 Å². The standard InChI is InChI=1S/C26H26F3N5O2/c1-3-23-31-12-17(13-32-23)22(35)11-25(8-9-25)24(36)33-14-18-5-6-19(15-30-18)34-21-7-4-16(2)10-20(21)26(27,28)29/h4-7,10,12-13,15,34H,3,8-9,11,14H2,1-2H3,(H,33,36). The molecule has 0 bridgehead atoms. The third kappa shape index (κ3) is 5.87. The highest BCUT2D eigenvalue weighted by molar-refractivity contribution is 6.00. The number of anilines is 2. The Morgan fingerprint density at radius 2 is 1.75 bits per heavy atom. The second-order valence-corrected chi connectivity index (χ2v) is 9.01. The third-order valence-corrected chi connectivity index (χ3v) is 6.19. The number of hydrogen-bond donors (Lipinski definition) is 2. The Labute approximate surface area is 206 Å². The average Bonchev–Trinajstić information content (AvgIpc) is 3.64. The number of aromatic nitrogens is 3. The summed E-state index contributed by atoms with van der Waals surface area (Å²) in [7, 11) is 0. The lowest BCUT2D eigenvalue weighted by Crippen LogP contribution is -2.33. The zero-order valence-corrected chi connectivity index (χ0v) is 19.9. The number of Topliss-reactive ketones (excluding diaryl/α,β-unsaturated/α-hetero) is 1. The zero-order chi connectivity index (χ0) is 25.9. The van der Waals surface area contributed by atoms with Crippen molar-refractivity contribution in [3.8, 4) is 0 Å². The molecule has 10 heteroatoms. The molecule has 7 nitrogen and oxygen atoms in total. The minimum atomic E-state index is -4.49. The van der Waals surface area contributed by atoms with Crippen LogP contribution in [0.1, 0.15) is 59.2 Å². The van der Waals surface area contributed by atoms with E-state index in [0.29, 0.717) is 47.6 Å². The van der Waals surface area contributed by atoms with Gasteiger partial charge in [-0.25, -0.2) is 9.97 Å². The van der Waals surface area contributed by atoms with Crippen LogP contribution in [0.25, 0.3) is 0 Å². The maximum absolute atomic E-state index is 13.4. The predicted octanol–water partition coefficient (Wildman–Crippen LogP) is 5.17. The lowest BCUT2D eigenvalue weighted by Gasteiger charge is -2.16. The van der Waals surface area contributed by atoms with E-state index >= 15 is 0 Å². The number of nitrogens with zero attached hydrogens (tertiary/aromatic N) is 3. The van der Waals surface area contributed by atoms with Crippen LogP contribution in [0.15, 0.2) is 48.9 Å². The van der Waals surface area contributed by atoms with E-state index in [4.69, 9.17) is 0 Å². The molecule has 1 aromatic carbocycles. The molecule has 2 heterocycles. The molecular weight excluding hydrogens is 471 g/mol. The van der Waals surface area contributed by atoms with Crippen molar-refractivity contribution in [1.29, 1.82) is 0 Å². The van der Waals surface area contributed by atoms with E-state index in [1.165, 1.54) is 24.7 Å². The van der Waals surface area contributed by atoms with Crippen molar-refractivity contribution in [1.82, 2.24) is 20.3 Å². The van der Waals surface area contributed by atoms with Crippen molar-refractivity contribution in [2.45, 2.75) is 52.3 Å². The van der Waals surface area contributed by atoms with Crippen molar-refractivity contribution in [2.75, 3.05) is 5.32 Å². The van der Waals surface area contributed by atoms with Gasteiger partial charge >= 0.3 is 6.18 Å². The number of carbonyl (C=O) groups excluding carboxylic acids is 2. The first-order valence-electron chi connectivity index (χ1n) is 11.6. The van der Waals surface area contributed by atoms with Crippen LogP contribution in [0, 0.1) is 12.3 Å². The monoisotopic (exact) mass is 497 g/mol. The fraction of sp³-hybridized carbons (Fsp3) is 0.346. The van der Waals surface area contributed by atoms with E-state index in [2.05, 4.69) is 25.6 Å². The van der Waals surface area contributed by atoms with Crippen molar-refractivity contribution in [3.05, 3.63) is 77.1 Å². The summed E-state index contributed by atoms with van der Waals surface area (Å²) >= 11 is 0. The Kier molecular flexibility index (Phi) is 7.05. The smallest absolute Gasteiger partial charge is 0.354 e. The molecular formula is C26H26F3N5O2. The molecule has 0 saturated heterocycles. The van der Waals surface area contributed by atoms with E-state index in [1.54, 1.807) is 25.1 Å². The Hall–Kier alpha value is -3.82. The molecule has 4 rings (SSSR count). The summed E-state index contributed by atoms with van der Waals surface area (Å²) in [5, 5.41) is 5.59. The van der Waals surface area contributed by atoms with E-state index in [0.717, 1.165) is 6.07 Å². The molecule has 0 unspecified atom stereocenters. The average molecular weight is 498 g/mol. The Morgan fingerprint density at radius 3 is 2.33 bits per heavy atom. The summed E-state index contributed by atoms with van der Waals surface area (Å²) in [6, 6.07) is 7.30. The Bertz CT molecular complexity index is 1250. The number of ketones is 1. The van der Waals surface area contributed by atoms with Gasteiger partial charge in [0.1, 0.15) is 5.82 Å². The summed E-state index contributed by atoms with van der Waals surface area (Å²) in [5.41, 5.74) is 0.274. The van der Waals surface area contributed by atoms with Gasteiger partial charge in [-0.15, -0.1) is 0 Å². The molecule has 1 aliphatic carbocycles. The third-order valence-electron chi connectivity index (χ3n) is 6.19. The number of aryl methyl sites for hydroxylation is 2. The number of alkyl halides is 3. The highest BCUT2D eigenvalue weighted by atomic mass is 19.4. The van der Waals surface area contributed by atoms with Crippen LogP contribution in [0.2, 0.25) is 0 Å². The van der Waals surface area contributed by atoms with Gasteiger partial charge in [0, 0.05) is 25.2 Å².